The minimum Gasteiger partial charge on any atom is -0.419 e. The number of halogens is 1. The van der Waals surface area contributed by atoms with E-state index in [4.69, 9.17) is 16.0 Å². The lowest BCUT2D eigenvalue weighted by molar-refractivity contribution is 0.499. The van der Waals surface area contributed by atoms with Crippen molar-refractivity contribution in [2.75, 3.05) is 18.0 Å². The third-order valence-electron chi connectivity index (χ3n) is 4.87. The van der Waals surface area contributed by atoms with Crippen LogP contribution in [-0.2, 0) is 9.84 Å². The van der Waals surface area contributed by atoms with Crippen LogP contribution in [0.3, 0.4) is 0 Å². The maximum atomic E-state index is 13.4. The summed E-state index contributed by atoms with van der Waals surface area (Å²) in [6.45, 7) is 3.38. The molecule has 0 aliphatic carbocycles. The SMILES string of the molecule is Cc1cccc(S(=O)(=O)c2nc(-c3ccc(Cl)cc3)oc2N2CCCCC2)c1. The van der Waals surface area contributed by atoms with E-state index in [9.17, 15) is 8.42 Å². The quantitative estimate of drug-likeness (QED) is 0.590. The molecular formula is C21H21ClN2O3S. The molecule has 0 radical (unpaired) electrons. The van der Waals surface area contributed by atoms with Gasteiger partial charge in [0.15, 0.2) is 0 Å². The van der Waals surface area contributed by atoms with Gasteiger partial charge in [0.05, 0.1) is 4.90 Å². The summed E-state index contributed by atoms with van der Waals surface area (Å²) in [6.07, 6.45) is 3.14. The molecule has 0 atom stereocenters. The highest BCUT2D eigenvalue weighted by Crippen LogP contribution is 2.36. The van der Waals surface area contributed by atoms with Crippen molar-refractivity contribution in [1.82, 2.24) is 4.98 Å². The number of hydrogen-bond acceptors (Lipinski definition) is 5. The van der Waals surface area contributed by atoms with Gasteiger partial charge in [0, 0.05) is 23.7 Å². The van der Waals surface area contributed by atoms with Gasteiger partial charge in [-0.05, 0) is 68.1 Å². The number of aryl methyl sites for hydroxylation is 1. The first kappa shape index (κ1) is 19.0. The number of rotatable bonds is 4. The van der Waals surface area contributed by atoms with Crippen LogP contribution >= 0.6 is 11.6 Å². The second kappa shape index (κ2) is 7.60. The fourth-order valence-electron chi connectivity index (χ4n) is 3.38. The molecule has 5 nitrogen and oxygen atoms in total. The molecule has 0 N–H and O–H groups in total. The van der Waals surface area contributed by atoms with E-state index in [1.54, 1.807) is 42.5 Å². The normalized spacial score (nSPS) is 15.0. The number of piperidine rings is 1. The molecule has 28 heavy (non-hydrogen) atoms. The first-order valence-electron chi connectivity index (χ1n) is 9.28. The minimum absolute atomic E-state index is 0.0232. The molecule has 0 spiro atoms. The lowest BCUT2D eigenvalue weighted by Crippen LogP contribution is -2.30. The average molecular weight is 417 g/mol. The van der Waals surface area contributed by atoms with Gasteiger partial charge < -0.3 is 9.32 Å². The summed E-state index contributed by atoms with van der Waals surface area (Å²) in [7, 11) is -3.81. The summed E-state index contributed by atoms with van der Waals surface area (Å²) in [5.41, 5.74) is 1.57. The Morgan fingerprint density at radius 3 is 2.43 bits per heavy atom. The van der Waals surface area contributed by atoms with Gasteiger partial charge in [0.25, 0.3) is 0 Å². The summed E-state index contributed by atoms with van der Waals surface area (Å²) in [5.74, 6) is 0.606. The fraction of sp³-hybridized carbons (Fsp3) is 0.286. The molecule has 1 saturated heterocycles. The van der Waals surface area contributed by atoms with Crippen molar-refractivity contribution in [2.45, 2.75) is 36.1 Å². The molecule has 3 aromatic rings. The van der Waals surface area contributed by atoms with Crippen molar-refractivity contribution in [3.05, 3.63) is 59.1 Å². The van der Waals surface area contributed by atoms with Crippen LogP contribution < -0.4 is 4.90 Å². The van der Waals surface area contributed by atoms with Crippen LogP contribution in [0.2, 0.25) is 5.02 Å². The minimum atomic E-state index is -3.81. The smallest absolute Gasteiger partial charge is 0.236 e. The van der Waals surface area contributed by atoms with E-state index in [1.165, 1.54) is 0 Å². The summed E-state index contributed by atoms with van der Waals surface area (Å²) in [6, 6.07) is 13.9. The monoisotopic (exact) mass is 416 g/mol. The number of anilines is 1. The molecular weight excluding hydrogens is 396 g/mol. The molecule has 0 unspecified atom stereocenters. The number of benzene rings is 2. The third-order valence-corrected chi connectivity index (χ3v) is 6.77. The van der Waals surface area contributed by atoms with Crippen molar-refractivity contribution in [3.8, 4) is 11.5 Å². The Kier molecular flexibility index (Phi) is 5.17. The lowest BCUT2D eigenvalue weighted by atomic mass is 10.1. The number of aromatic nitrogens is 1. The van der Waals surface area contributed by atoms with Crippen molar-refractivity contribution in [1.29, 1.82) is 0 Å². The van der Waals surface area contributed by atoms with Crippen molar-refractivity contribution in [2.24, 2.45) is 0 Å². The van der Waals surface area contributed by atoms with Gasteiger partial charge in [-0.25, -0.2) is 8.42 Å². The van der Waals surface area contributed by atoms with E-state index in [2.05, 4.69) is 4.98 Å². The van der Waals surface area contributed by atoms with E-state index >= 15 is 0 Å². The largest absolute Gasteiger partial charge is 0.419 e. The molecule has 1 fully saturated rings. The van der Waals surface area contributed by atoms with Gasteiger partial charge in [0.2, 0.25) is 26.6 Å². The molecule has 2 aromatic carbocycles. The highest BCUT2D eigenvalue weighted by molar-refractivity contribution is 7.91. The molecule has 0 saturated carbocycles. The molecule has 146 valence electrons. The molecule has 2 heterocycles. The van der Waals surface area contributed by atoms with Gasteiger partial charge in [-0.1, -0.05) is 23.7 Å². The van der Waals surface area contributed by atoms with E-state index < -0.39 is 9.84 Å². The number of oxazole rings is 1. The second-order valence-corrected chi connectivity index (χ2v) is 9.31. The number of hydrogen-bond donors (Lipinski definition) is 0. The predicted octanol–water partition coefficient (Wildman–Crippen LogP) is 5.13. The highest BCUT2D eigenvalue weighted by Gasteiger charge is 2.32. The maximum absolute atomic E-state index is 13.4. The van der Waals surface area contributed by atoms with Crippen LogP contribution in [0.15, 0.2) is 62.9 Å². The predicted molar refractivity (Wildman–Crippen MR) is 110 cm³/mol. The van der Waals surface area contributed by atoms with E-state index in [-0.39, 0.29) is 15.8 Å². The number of nitrogens with zero attached hydrogens (tertiary/aromatic N) is 2. The summed E-state index contributed by atoms with van der Waals surface area (Å²) >= 11 is 5.97. The van der Waals surface area contributed by atoms with Crippen LogP contribution in [0.25, 0.3) is 11.5 Å². The molecule has 4 rings (SSSR count). The van der Waals surface area contributed by atoms with Crippen LogP contribution in [0.1, 0.15) is 24.8 Å². The molecule has 0 amide bonds. The second-order valence-electron chi connectivity index (χ2n) is 7.00. The average Bonchev–Trinajstić information content (AvgIpc) is 3.15. The van der Waals surface area contributed by atoms with Crippen molar-refractivity contribution in [3.63, 3.8) is 0 Å². The van der Waals surface area contributed by atoms with Gasteiger partial charge in [0.1, 0.15) is 0 Å². The Labute approximate surface area is 169 Å². The maximum Gasteiger partial charge on any atom is 0.236 e. The number of sulfone groups is 1. The van der Waals surface area contributed by atoms with Gasteiger partial charge in [-0.2, -0.15) is 4.98 Å². The van der Waals surface area contributed by atoms with Crippen LogP contribution in [0.4, 0.5) is 5.88 Å². The summed E-state index contributed by atoms with van der Waals surface area (Å²) in [5, 5.41) is 0.573. The van der Waals surface area contributed by atoms with Gasteiger partial charge in [-0.3, -0.25) is 0 Å². The summed E-state index contributed by atoms with van der Waals surface area (Å²) < 4.78 is 32.8. The first-order valence-corrected chi connectivity index (χ1v) is 11.1. The Morgan fingerprint density at radius 2 is 1.75 bits per heavy atom. The zero-order chi connectivity index (χ0) is 19.7. The topological polar surface area (TPSA) is 63.4 Å². The lowest BCUT2D eigenvalue weighted by Gasteiger charge is -2.26. The highest BCUT2D eigenvalue weighted by atomic mass is 35.5. The van der Waals surface area contributed by atoms with Crippen molar-refractivity contribution < 1.29 is 12.8 Å². The van der Waals surface area contributed by atoms with Crippen LogP contribution in [0.5, 0.6) is 0 Å². The summed E-state index contributed by atoms with van der Waals surface area (Å²) in [4.78, 5) is 6.63. The standard InChI is InChI=1S/C21H21ClN2O3S/c1-15-6-5-7-18(14-15)28(25,26)20-21(24-12-3-2-4-13-24)27-19(23-20)16-8-10-17(22)11-9-16/h5-11,14H,2-4,12-13H2,1H3. The van der Waals surface area contributed by atoms with E-state index in [0.29, 0.717) is 16.5 Å². The van der Waals surface area contributed by atoms with Crippen LogP contribution in [0, 0.1) is 6.92 Å². The molecule has 1 aliphatic heterocycles. The fourth-order valence-corrected chi connectivity index (χ4v) is 4.93. The molecule has 7 heteroatoms. The zero-order valence-corrected chi connectivity index (χ0v) is 17.1. The van der Waals surface area contributed by atoms with Crippen molar-refractivity contribution >= 4 is 27.3 Å². The van der Waals surface area contributed by atoms with E-state index in [0.717, 1.165) is 37.9 Å². The Balaban J connectivity index is 1.85. The Bertz CT molecular complexity index is 1090. The molecule has 1 aromatic heterocycles. The molecule has 0 bridgehead atoms. The zero-order valence-electron chi connectivity index (χ0n) is 15.6. The van der Waals surface area contributed by atoms with Crippen LogP contribution in [-0.4, -0.2) is 26.5 Å². The van der Waals surface area contributed by atoms with Gasteiger partial charge in [-0.15, -0.1) is 0 Å². The Morgan fingerprint density at radius 1 is 1.04 bits per heavy atom. The first-order chi connectivity index (χ1) is 13.4. The van der Waals surface area contributed by atoms with E-state index in [1.807, 2.05) is 17.9 Å². The third kappa shape index (κ3) is 3.66. The Hall–Kier alpha value is -2.31. The van der Waals surface area contributed by atoms with Gasteiger partial charge >= 0.3 is 0 Å². The molecule has 1 aliphatic rings.